The number of carbonyl (C=O) groups excluding carboxylic acids is 1. The van der Waals surface area contributed by atoms with Crippen molar-refractivity contribution in [3.8, 4) is 16.1 Å². The Hall–Kier alpha value is -2.44. The fourth-order valence-electron chi connectivity index (χ4n) is 3.58. The van der Waals surface area contributed by atoms with E-state index in [4.69, 9.17) is 9.84 Å². The van der Waals surface area contributed by atoms with Gasteiger partial charge in [-0.2, -0.15) is 5.10 Å². The van der Waals surface area contributed by atoms with Crippen molar-refractivity contribution in [1.29, 1.82) is 0 Å². The van der Waals surface area contributed by atoms with Gasteiger partial charge in [-0.15, -0.1) is 11.3 Å². The van der Waals surface area contributed by atoms with Crippen LogP contribution in [0.15, 0.2) is 36.4 Å². The van der Waals surface area contributed by atoms with E-state index in [2.05, 4.69) is 29.1 Å². The summed E-state index contributed by atoms with van der Waals surface area (Å²) in [6.45, 7) is 3.34. The number of methoxy groups -OCH3 is 1. The molecular formula is C21H23N3O2S. The summed E-state index contributed by atoms with van der Waals surface area (Å²) in [4.78, 5) is 14.5. The van der Waals surface area contributed by atoms with Gasteiger partial charge in [-0.25, -0.2) is 4.68 Å². The van der Waals surface area contributed by atoms with E-state index < -0.39 is 0 Å². The highest BCUT2D eigenvalue weighted by molar-refractivity contribution is 7.17. The predicted octanol–water partition coefficient (Wildman–Crippen LogP) is 3.77. The minimum atomic E-state index is 0.000146. The summed E-state index contributed by atoms with van der Waals surface area (Å²) in [5, 5.41) is 7.78. The highest BCUT2D eigenvalue weighted by Gasteiger charge is 2.27. The summed E-state index contributed by atoms with van der Waals surface area (Å²) in [7, 11) is 1.67. The second kappa shape index (κ2) is 7.66. The van der Waals surface area contributed by atoms with E-state index in [0.717, 1.165) is 35.5 Å². The molecule has 1 N–H and O–H groups in total. The van der Waals surface area contributed by atoms with Gasteiger partial charge in [0.1, 0.15) is 0 Å². The predicted molar refractivity (Wildman–Crippen MR) is 108 cm³/mol. The number of aryl methyl sites for hydroxylation is 2. The van der Waals surface area contributed by atoms with Gasteiger partial charge in [0.05, 0.1) is 22.0 Å². The molecule has 5 nitrogen and oxygen atoms in total. The first-order valence-electron chi connectivity index (χ1n) is 9.23. The van der Waals surface area contributed by atoms with Crippen LogP contribution in [0, 0.1) is 6.92 Å². The minimum Gasteiger partial charge on any atom is -0.385 e. The molecule has 0 spiro atoms. The molecule has 2 heterocycles. The quantitative estimate of drug-likeness (QED) is 0.661. The minimum absolute atomic E-state index is 0.000146. The van der Waals surface area contributed by atoms with Crippen molar-refractivity contribution >= 4 is 17.2 Å². The van der Waals surface area contributed by atoms with E-state index in [1.54, 1.807) is 18.4 Å². The standard InChI is InChI=1S/C21H23N3O2S/c1-14-19-17(24(23-14)16-7-4-3-5-8-16)10-9-15-13-18(27-20(15)19)21(25)22-11-6-12-26-2/h3-5,7-8,13H,6,9-12H2,1-2H3,(H,22,25). The molecule has 0 unspecified atom stereocenters. The van der Waals surface area contributed by atoms with E-state index in [-0.39, 0.29) is 5.91 Å². The second-order valence-corrected chi connectivity index (χ2v) is 7.77. The van der Waals surface area contributed by atoms with Crippen molar-refractivity contribution in [3.63, 3.8) is 0 Å². The van der Waals surface area contributed by atoms with Crippen LogP contribution in [-0.2, 0) is 17.6 Å². The molecule has 2 aromatic heterocycles. The number of aromatic nitrogens is 2. The van der Waals surface area contributed by atoms with E-state index in [1.807, 2.05) is 24.3 Å². The molecule has 140 valence electrons. The summed E-state index contributed by atoms with van der Waals surface area (Å²) in [6, 6.07) is 12.3. The van der Waals surface area contributed by atoms with Gasteiger partial charge >= 0.3 is 0 Å². The maximum atomic E-state index is 12.5. The summed E-state index contributed by atoms with van der Waals surface area (Å²) >= 11 is 1.58. The van der Waals surface area contributed by atoms with Gasteiger partial charge in [-0.1, -0.05) is 18.2 Å². The molecule has 0 bridgehead atoms. The zero-order chi connectivity index (χ0) is 18.8. The summed E-state index contributed by atoms with van der Waals surface area (Å²) in [6.07, 6.45) is 2.69. The molecule has 4 rings (SSSR count). The molecule has 1 aromatic carbocycles. The maximum absolute atomic E-state index is 12.5. The zero-order valence-corrected chi connectivity index (χ0v) is 16.4. The van der Waals surface area contributed by atoms with Crippen LogP contribution in [-0.4, -0.2) is 35.9 Å². The lowest BCUT2D eigenvalue weighted by Crippen LogP contribution is -2.24. The van der Waals surface area contributed by atoms with Gasteiger partial charge in [0.25, 0.3) is 5.91 Å². The van der Waals surface area contributed by atoms with Crippen LogP contribution < -0.4 is 5.32 Å². The number of hydrogen-bond donors (Lipinski definition) is 1. The fraction of sp³-hybridized carbons (Fsp3) is 0.333. The first-order valence-corrected chi connectivity index (χ1v) is 10.0. The van der Waals surface area contributed by atoms with Gasteiger partial charge in [0.15, 0.2) is 0 Å². The van der Waals surface area contributed by atoms with Gasteiger partial charge < -0.3 is 10.1 Å². The number of ether oxygens (including phenoxy) is 1. The van der Waals surface area contributed by atoms with E-state index in [9.17, 15) is 4.79 Å². The highest BCUT2D eigenvalue weighted by atomic mass is 32.1. The molecule has 1 amide bonds. The van der Waals surface area contributed by atoms with Crippen LogP contribution in [0.5, 0.6) is 0 Å². The Bertz CT molecular complexity index is 959. The maximum Gasteiger partial charge on any atom is 0.261 e. The molecule has 0 aliphatic heterocycles. The van der Waals surface area contributed by atoms with Gasteiger partial charge in [-0.3, -0.25) is 4.79 Å². The van der Waals surface area contributed by atoms with Gasteiger partial charge in [0, 0.05) is 30.7 Å². The number of nitrogens with zero attached hydrogens (tertiary/aromatic N) is 2. The summed E-state index contributed by atoms with van der Waals surface area (Å²) in [5.41, 5.74) is 5.79. The fourth-order valence-corrected chi connectivity index (χ4v) is 4.83. The largest absolute Gasteiger partial charge is 0.385 e. The van der Waals surface area contributed by atoms with Crippen molar-refractivity contribution in [3.05, 3.63) is 58.2 Å². The third-order valence-electron chi connectivity index (χ3n) is 4.86. The Morgan fingerprint density at radius 1 is 1.30 bits per heavy atom. The van der Waals surface area contributed by atoms with Crippen molar-refractivity contribution in [2.45, 2.75) is 26.2 Å². The lowest BCUT2D eigenvalue weighted by molar-refractivity contribution is 0.0952. The Morgan fingerprint density at radius 3 is 2.89 bits per heavy atom. The molecule has 0 atom stereocenters. The van der Waals surface area contributed by atoms with E-state index in [0.29, 0.717) is 13.2 Å². The monoisotopic (exact) mass is 381 g/mol. The molecule has 27 heavy (non-hydrogen) atoms. The lowest BCUT2D eigenvalue weighted by Gasteiger charge is -2.14. The van der Waals surface area contributed by atoms with Gasteiger partial charge in [0.2, 0.25) is 0 Å². The van der Waals surface area contributed by atoms with Crippen LogP contribution >= 0.6 is 11.3 Å². The number of rotatable bonds is 6. The molecule has 1 aliphatic carbocycles. The molecule has 1 aliphatic rings. The number of hydrogen-bond acceptors (Lipinski definition) is 4. The third kappa shape index (κ3) is 3.42. The average Bonchev–Trinajstić information content (AvgIpc) is 3.27. The van der Waals surface area contributed by atoms with Gasteiger partial charge in [-0.05, 0) is 49.9 Å². The smallest absolute Gasteiger partial charge is 0.261 e. The third-order valence-corrected chi connectivity index (χ3v) is 6.05. The van der Waals surface area contributed by atoms with Crippen LogP contribution in [0.1, 0.15) is 33.0 Å². The van der Waals surface area contributed by atoms with Crippen LogP contribution in [0.3, 0.4) is 0 Å². The Morgan fingerprint density at radius 2 is 2.11 bits per heavy atom. The zero-order valence-electron chi connectivity index (χ0n) is 15.6. The average molecular weight is 382 g/mol. The summed E-state index contributed by atoms with van der Waals surface area (Å²) in [5.74, 6) is 0.000146. The SMILES string of the molecule is COCCCNC(=O)c1cc2c(s1)-c1c(C)nn(-c3ccccc3)c1CC2. The Balaban J connectivity index is 1.63. The van der Waals surface area contributed by atoms with Crippen molar-refractivity contribution in [1.82, 2.24) is 15.1 Å². The Labute approximate surface area is 163 Å². The number of benzene rings is 1. The molecule has 3 aromatic rings. The molecular weight excluding hydrogens is 358 g/mol. The molecule has 0 radical (unpaired) electrons. The number of nitrogens with one attached hydrogen (secondary N) is 1. The first-order chi connectivity index (χ1) is 13.2. The highest BCUT2D eigenvalue weighted by Crippen LogP contribution is 2.42. The van der Waals surface area contributed by atoms with Crippen molar-refractivity contribution in [2.24, 2.45) is 0 Å². The molecule has 0 fully saturated rings. The van der Waals surface area contributed by atoms with E-state index in [1.165, 1.54) is 21.7 Å². The molecule has 0 saturated carbocycles. The lowest BCUT2D eigenvalue weighted by atomic mass is 9.95. The molecule has 0 saturated heterocycles. The second-order valence-electron chi connectivity index (χ2n) is 6.72. The van der Waals surface area contributed by atoms with Crippen molar-refractivity contribution in [2.75, 3.05) is 20.3 Å². The first kappa shape index (κ1) is 17.9. The number of para-hydroxylation sites is 1. The Kier molecular flexibility index (Phi) is 5.09. The van der Waals surface area contributed by atoms with Crippen molar-refractivity contribution < 1.29 is 9.53 Å². The molecule has 6 heteroatoms. The topological polar surface area (TPSA) is 56.1 Å². The summed E-state index contributed by atoms with van der Waals surface area (Å²) < 4.78 is 7.08. The van der Waals surface area contributed by atoms with Crippen LogP contribution in [0.4, 0.5) is 0 Å². The van der Waals surface area contributed by atoms with Crippen LogP contribution in [0.2, 0.25) is 0 Å². The number of fused-ring (bicyclic) bond motifs is 3. The number of thiophene rings is 1. The van der Waals surface area contributed by atoms with E-state index >= 15 is 0 Å². The normalized spacial score (nSPS) is 12.5. The number of carbonyl (C=O) groups is 1. The number of amides is 1. The van der Waals surface area contributed by atoms with Crippen LogP contribution in [0.25, 0.3) is 16.1 Å².